The molecule has 1 rings (SSSR count). The SMILES string of the molecule is C=COC(=O)CCCCC(=O)OC[C@@H](O)[C@@H](O[C@@H]1O[C@H](CO)[C@H](O)[C@H](O)[C@H]1O)[C@H](O)[C@@H](O)CO. The van der Waals surface area contributed by atoms with E-state index in [9.17, 15) is 45.3 Å². The average molecular weight is 498 g/mol. The van der Waals surface area contributed by atoms with Crippen molar-refractivity contribution in [2.24, 2.45) is 0 Å². The van der Waals surface area contributed by atoms with Gasteiger partial charge in [-0.2, -0.15) is 0 Å². The zero-order valence-corrected chi connectivity index (χ0v) is 18.5. The van der Waals surface area contributed by atoms with Crippen molar-refractivity contribution in [1.29, 1.82) is 0 Å². The molecular formula is C20H34O14. The van der Waals surface area contributed by atoms with Gasteiger partial charge in [-0.15, -0.1) is 0 Å². The predicted molar refractivity (Wildman–Crippen MR) is 109 cm³/mol. The van der Waals surface area contributed by atoms with E-state index in [4.69, 9.17) is 19.3 Å². The summed E-state index contributed by atoms with van der Waals surface area (Å²) in [7, 11) is 0. The highest BCUT2D eigenvalue weighted by Gasteiger charge is 2.47. The fraction of sp³-hybridized carbons (Fsp3) is 0.800. The second kappa shape index (κ2) is 15.3. The third-order valence-corrected chi connectivity index (χ3v) is 5.08. The molecule has 0 bridgehead atoms. The number of hydrogen-bond acceptors (Lipinski definition) is 14. The van der Waals surface area contributed by atoms with E-state index in [1.54, 1.807) is 0 Å². The molecule has 0 aromatic carbocycles. The maximum Gasteiger partial charge on any atom is 0.310 e. The first-order valence-corrected chi connectivity index (χ1v) is 10.6. The molecule has 1 fully saturated rings. The summed E-state index contributed by atoms with van der Waals surface area (Å²) in [6.07, 6.45) is -14.3. The van der Waals surface area contributed by atoms with Crippen molar-refractivity contribution in [1.82, 2.24) is 0 Å². The van der Waals surface area contributed by atoms with Crippen LogP contribution in [-0.2, 0) is 28.5 Å². The van der Waals surface area contributed by atoms with Crippen molar-refractivity contribution >= 4 is 11.9 Å². The van der Waals surface area contributed by atoms with Gasteiger partial charge in [0.25, 0.3) is 0 Å². The largest absolute Gasteiger partial charge is 0.463 e. The van der Waals surface area contributed by atoms with Crippen molar-refractivity contribution in [2.45, 2.75) is 80.8 Å². The van der Waals surface area contributed by atoms with Gasteiger partial charge >= 0.3 is 11.9 Å². The maximum absolute atomic E-state index is 11.9. The molecule has 9 atom stereocenters. The molecule has 0 aromatic heterocycles. The van der Waals surface area contributed by atoms with Crippen molar-refractivity contribution in [3.05, 3.63) is 12.8 Å². The standard InChI is InChI=1S/C20H34O14/c1-2-31-13(25)5-3-4-6-14(26)32-9-11(24)19(15(27)10(23)7-21)34-20-18(30)17(29)16(28)12(8-22)33-20/h2,10-12,15-24,27-30H,1,3-9H2/t10-,11+,12+,15+,16-,17-,18+,19+,20-/m0/s1. The number of aliphatic hydroxyl groups is 8. The van der Waals surface area contributed by atoms with Crippen LogP contribution < -0.4 is 0 Å². The highest BCUT2D eigenvalue weighted by Crippen LogP contribution is 2.25. The summed E-state index contributed by atoms with van der Waals surface area (Å²) in [4.78, 5) is 23.1. The van der Waals surface area contributed by atoms with Gasteiger partial charge in [0.15, 0.2) is 6.29 Å². The van der Waals surface area contributed by atoms with E-state index in [1.165, 1.54) is 0 Å². The molecule has 0 radical (unpaired) electrons. The summed E-state index contributed by atoms with van der Waals surface area (Å²) in [6, 6.07) is 0. The Morgan fingerprint density at radius 3 is 2.12 bits per heavy atom. The molecule has 0 saturated carbocycles. The first kappa shape index (κ1) is 30.3. The number of unbranched alkanes of at least 4 members (excludes halogenated alkanes) is 1. The van der Waals surface area contributed by atoms with Crippen molar-refractivity contribution in [3.8, 4) is 0 Å². The third kappa shape index (κ3) is 9.14. The summed E-state index contributed by atoms with van der Waals surface area (Å²) in [5.41, 5.74) is 0. The predicted octanol–water partition coefficient (Wildman–Crippen LogP) is -3.96. The lowest BCUT2D eigenvalue weighted by Crippen LogP contribution is -2.61. The Morgan fingerprint density at radius 1 is 0.941 bits per heavy atom. The molecule has 8 N–H and O–H groups in total. The van der Waals surface area contributed by atoms with Gasteiger partial charge in [0, 0.05) is 12.8 Å². The third-order valence-electron chi connectivity index (χ3n) is 5.08. The van der Waals surface area contributed by atoms with E-state index >= 15 is 0 Å². The number of carbonyl (C=O) groups is 2. The van der Waals surface area contributed by atoms with Crippen LogP contribution in [0.1, 0.15) is 25.7 Å². The van der Waals surface area contributed by atoms with Gasteiger partial charge in [-0.05, 0) is 12.8 Å². The van der Waals surface area contributed by atoms with Gasteiger partial charge in [0.1, 0.15) is 55.4 Å². The number of carbonyl (C=O) groups excluding carboxylic acids is 2. The van der Waals surface area contributed by atoms with Crippen LogP contribution in [0.5, 0.6) is 0 Å². The zero-order chi connectivity index (χ0) is 25.8. The summed E-state index contributed by atoms with van der Waals surface area (Å²) >= 11 is 0. The summed E-state index contributed by atoms with van der Waals surface area (Å²) in [5.74, 6) is -1.26. The van der Waals surface area contributed by atoms with Gasteiger partial charge in [-0.25, -0.2) is 0 Å². The van der Waals surface area contributed by atoms with Crippen molar-refractivity contribution < 1.29 is 69.4 Å². The van der Waals surface area contributed by atoms with E-state index in [-0.39, 0.29) is 19.3 Å². The van der Waals surface area contributed by atoms with E-state index in [1.807, 2.05) is 0 Å². The molecule has 1 saturated heterocycles. The minimum atomic E-state index is -1.96. The Balaban J connectivity index is 2.71. The van der Waals surface area contributed by atoms with E-state index in [0.29, 0.717) is 6.42 Å². The van der Waals surface area contributed by atoms with Crippen LogP contribution in [0.25, 0.3) is 0 Å². The minimum Gasteiger partial charge on any atom is -0.463 e. The van der Waals surface area contributed by atoms with Crippen LogP contribution in [0.2, 0.25) is 0 Å². The molecule has 34 heavy (non-hydrogen) atoms. The summed E-state index contributed by atoms with van der Waals surface area (Å²) in [6.45, 7) is 0.819. The molecule has 1 heterocycles. The quantitative estimate of drug-likeness (QED) is 0.0611. The first-order chi connectivity index (χ1) is 16.1. The normalized spacial score (nSPS) is 28.4. The Morgan fingerprint density at radius 2 is 1.56 bits per heavy atom. The smallest absolute Gasteiger partial charge is 0.310 e. The number of esters is 2. The topological polar surface area (TPSA) is 233 Å². The molecule has 14 nitrogen and oxygen atoms in total. The zero-order valence-electron chi connectivity index (χ0n) is 18.5. The second-order valence-electron chi connectivity index (χ2n) is 7.65. The number of rotatable bonds is 15. The second-order valence-corrected chi connectivity index (χ2v) is 7.65. The summed E-state index contributed by atoms with van der Waals surface area (Å²) in [5, 5.41) is 78.6. The molecule has 0 aromatic rings. The van der Waals surface area contributed by atoms with Gasteiger partial charge in [0.2, 0.25) is 0 Å². The molecular weight excluding hydrogens is 464 g/mol. The molecule has 1 aliphatic rings. The highest BCUT2D eigenvalue weighted by atomic mass is 16.7. The van der Waals surface area contributed by atoms with Crippen LogP contribution in [0.4, 0.5) is 0 Å². The molecule has 14 heteroatoms. The molecule has 0 spiro atoms. The molecule has 0 unspecified atom stereocenters. The van der Waals surface area contributed by atoms with Crippen LogP contribution in [0.3, 0.4) is 0 Å². The lowest BCUT2D eigenvalue weighted by Gasteiger charge is -2.42. The molecule has 0 aliphatic carbocycles. The maximum atomic E-state index is 11.9. The fourth-order valence-electron chi connectivity index (χ4n) is 3.10. The minimum absolute atomic E-state index is 0.0577. The Labute approximate surface area is 195 Å². The number of aliphatic hydroxyl groups excluding tert-OH is 8. The lowest BCUT2D eigenvalue weighted by molar-refractivity contribution is -0.327. The molecule has 198 valence electrons. The van der Waals surface area contributed by atoms with Crippen LogP contribution in [0, 0.1) is 0 Å². The first-order valence-electron chi connectivity index (χ1n) is 10.6. The van der Waals surface area contributed by atoms with E-state index < -0.39 is 86.9 Å². The Kier molecular flexibility index (Phi) is 13.6. The van der Waals surface area contributed by atoms with Gasteiger partial charge in [0.05, 0.1) is 19.5 Å². The van der Waals surface area contributed by atoms with Crippen molar-refractivity contribution in [3.63, 3.8) is 0 Å². The van der Waals surface area contributed by atoms with E-state index in [0.717, 1.165) is 6.26 Å². The average Bonchev–Trinajstić information content (AvgIpc) is 2.82. The van der Waals surface area contributed by atoms with Crippen molar-refractivity contribution in [2.75, 3.05) is 19.8 Å². The van der Waals surface area contributed by atoms with Crippen LogP contribution >= 0.6 is 0 Å². The Bertz CT molecular complexity index is 628. The summed E-state index contributed by atoms with van der Waals surface area (Å²) < 4.78 is 19.9. The van der Waals surface area contributed by atoms with Gasteiger partial charge < -0.3 is 59.8 Å². The number of hydrogen-bond donors (Lipinski definition) is 8. The van der Waals surface area contributed by atoms with E-state index in [2.05, 4.69) is 11.3 Å². The molecule has 1 aliphatic heterocycles. The Hall–Kier alpha value is -1.72. The van der Waals surface area contributed by atoms with Crippen LogP contribution in [-0.4, -0.2) is 128 Å². The monoisotopic (exact) mass is 498 g/mol. The molecule has 0 amide bonds. The number of ether oxygens (including phenoxy) is 4. The van der Waals surface area contributed by atoms with Gasteiger partial charge in [-0.3, -0.25) is 9.59 Å². The fourth-order valence-corrected chi connectivity index (χ4v) is 3.10. The van der Waals surface area contributed by atoms with Gasteiger partial charge in [-0.1, -0.05) is 6.58 Å². The highest BCUT2D eigenvalue weighted by molar-refractivity contribution is 5.70. The lowest BCUT2D eigenvalue weighted by atomic mass is 9.98. The van der Waals surface area contributed by atoms with Crippen LogP contribution in [0.15, 0.2) is 12.8 Å².